The number of hydrogen-bond donors (Lipinski definition) is 0. The predicted molar refractivity (Wildman–Crippen MR) is 91.3 cm³/mol. The van der Waals surface area contributed by atoms with Crippen LogP contribution in [0.1, 0.15) is 18.1 Å². The van der Waals surface area contributed by atoms with Gasteiger partial charge in [0.1, 0.15) is 11.5 Å². The van der Waals surface area contributed by atoms with Crippen molar-refractivity contribution in [2.24, 2.45) is 4.99 Å². The molecule has 0 spiro atoms. The maximum absolute atomic E-state index is 12.5. The first-order valence-electron chi connectivity index (χ1n) is 7.87. The van der Waals surface area contributed by atoms with Crippen molar-refractivity contribution in [3.8, 4) is 11.5 Å². The number of cyclic esters (lactones) is 1. The number of para-hydroxylation sites is 2. The zero-order chi connectivity index (χ0) is 18.5. The van der Waals surface area contributed by atoms with Gasteiger partial charge in [-0.1, -0.05) is 30.3 Å². The van der Waals surface area contributed by atoms with E-state index in [1.54, 1.807) is 42.5 Å². The molecule has 0 bridgehead atoms. The van der Waals surface area contributed by atoms with Gasteiger partial charge in [-0.25, -0.2) is 9.79 Å². The number of alkyl halides is 2. The summed E-state index contributed by atoms with van der Waals surface area (Å²) >= 11 is 0. The van der Waals surface area contributed by atoms with Crippen LogP contribution >= 0.6 is 0 Å². The van der Waals surface area contributed by atoms with E-state index in [1.165, 1.54) is 12.1 Å². The lowest BCUT2D eigenvalue weighted by Crippen LogP contribution is -2.08. The van der Waals surface area contributed by atoms with Crippen LogP contribution in [0.2, 0.25) is 0 Å². The highest BCUT2D eigenvalue weighted by atomic mass is 19.3. The van der Waals surface area contributed by atoms with E-state index < -0.39 is 12.6 Å². The van der Waals surface area contributed by atoms with Crippen molar-refractivity contribution in [1.29, 1.82) is 0 Å². The van der Waals surface area contributed by atoms with Gasteiger partial charge >= 0.3 is 12.6 Å². The molecule has 134 valence electrons. The van der Waals surface area contributed by atoms with Gasteiger partial charge in [0.05, 0.1) is 12.2 Å². The Hall–Kier alpha value is -3.22. The van der Waals surface area contributed by atoms with Crippen LogP contribution in [0.3, 0.4) is 0 Å². The minimum Gasteiger partial charge on any atom is -0.493 e. The topological polar surface area (TPSA) is 57.1 Å². The van der Waals surface area contributed by atoms with Gasteiger partial charge < -0.3 is 14.2 Å². The molecular formula is C19H15F2NO4. The summed E-state index contributed by atoms with van der Waals surface area (Å²) in [6.07, 6.45) is 1.34. The Balaban J connectivity index is 1.96. The van der Waals surface area contributed by atoms with Crippen molar-refractivity contribution in [3.05, 3.63) is 65.4 Å². The molecule has 2 aromatic carbocycles. The van der Waals surface area contributed by atoms with E-state index in [4.69, 9.17) is 9.47 Å². The average molecular weight is 359 g/mol. The molecule has 26 heavy (non-hydrogen) atoms. The van der Waals surface area contributed by atoms with E-state index in [9.17, 15) is 13.6 Å². The van der Waals surface area contributed by atoms with Gasteiger partial charge in [0.25, 0.3) is 0 Å². The molecule has 0 saturated heterocycles. The second-order valence-corrected chi connectivity index (χ2v) is 5.18. The van der Waals surface area contributed by atoms with Crippen LogP contribution in [0.15, 0.2) is 59.2 Å². The number of carbonyl (C=O) groups is 1. The maximum Gasteiger partial charge on any atom is 0.387 e. The molecule has 0 radical (unpaired) electrons. The molecule has 0 aromatic heterocycles. The molecule has 1 aliphatic rings. The highest BCUT2D eigenvalue weighted by Crippen LogP contribution is 2.28. The lowest BCUT2D eigenvalue weighted by atomic mass is 10.1. The summed E-state index contributed by atoms with van der Waals surface area (Å²) in [7, 11) is 0. The number of halogens is 2. The zero-order valence-corrected chi connectivity index (χ0v) is 13.8. The number of aliphatic imine (C=N–C) groups is 1. The van der Waals surface area contributed by atoms with Crippen molar-refractivity contribution < 1.29 is 27.8 Å². The van der Waals surface area contributed by atoms with Gasteiger partial charge in [-0.15, -0.1) is 0 Å². The molecule has 0 N–H and O–H groups in total. The largest absolute Gasteiger partial charge is 0.493 e. The number of rotatable bonds is 6. The lowest BCUT2D eigenvalue weighted by molar-refractivity contribution is -0.129. The Bertz CT molecular complexity index is 877. The van der Waals surface area contributed by atoms with Crippen LogP contribution in [-0.4, -0.2) is 25.1 Å². The van der Waals surface area contributed by atoms with Gasteiger partial charge in [0.2, 0.25) is 5.90 Å². The van der Waals surface area contributed by atoms with Gasteiger partial charge in [0.15, 0.2) is 5.70 Å². The molecule has 1 heterocycles. The third kappa shape index (κ3) is 3.88. The van der Waals surface area contributed by atoms with E-state index in [0.717, 1.165) is 0 Å². The summed E-state index contributed by atoms with van der Waals surface area (Å²) in [5, 5.41) is 0. The number of benzene rings is 2. The fourth-order valence-corrected chi connectivity index (χ4v) is 2.40. The fraction of sp³-hybridized carbons (Fsp3) is 0.158. The van der Waals surface area contributed by atoms with Crippen molar-refractivity contribution in [3.63, 3.8) is 0 Å². The quantitative estimate of drug-likeness (QED) is 0.577. The Labute approximate surface area is 148 Å². The van der Waals surface area contributed by atoms with E-state index in [1.807, 2.05) is 6.92 Å². The van der Waals surface area contributed by atoms with Gasteiger partial charge in [-0.2, -0.15) is 8.78 Å². The molecule has 2 aromatic rings. The van der Waals surface area contributed by atoms with Crippen LogP contribution in [0.5, 0.6) is 11.5 Å². The molecule has 0 unspecified atom stereocenters. The highest BCUT2D eigenvalue weighted by Gasteiger charge is 2.26. The highest BCUT2D eigenvalue weighted by molar-refractivity contribution is 6.13. The summed E-state index contributed by atoms with van der Waals surface area (Å²) < 4.78 is 40.2. The third-order valence-electron chi connectivity index (χ3n) is 3.47. The summed E-state index contributed by atoms with van der Waals surface area (Å²) in [6.45, 7) is -0.689. The van der Waals surface area contributed by atoms with Crippen molar-refractivity contribution >= 4 is 17.9 Å². The molecule has 0 amide bonds. The maximum atomic E-state index is 12.5. The smallest absolute Gasteiger partial charge is 0.387 e. The molecule has 3 rings (SSSR count). The number of hydrogen-bond acceptors (Lipinski definition) is 5. The Morgan fingerprint density at radius 1 is 1.12 bits per heavy atom. The van der Waals surface area contributed by atoms with Gasteiger partial charge in [0, 0.05) is 5.56 Å². The first-order valence-corrected chi connectivity index (χ1v) is 7.87. The summed E-state index contributed by atoms with van der Waals surface area (Å²) in [5.41, 5.74) is 0.808. The first kappa shape index (κ1) is 17.6. The normalized spacial score (nSPS) is 15.2. The summed E-state index contributed by atoms with van der Waals surface area (Å²) in [5.74, 6) is -0.110. The minimum atomic E-state index is -2.97. The standard InChI is InChI=1S/C19H15F2NO4/c1-2-24-16-10-6-4-8-13(16)17-22-14(18(23)26-17)11-12-7-3-5-9-15(12)25-19(20)21/h3-11,19H,2H2,1H3/b14-11+. The van der Waals surface area contributed by atoms with E-state index in [2.05, 4.69) is 9.73 Å². The van der Waals surface area contributed by atoms with Crippen molar-refractivity contribution in [1.82, 2.24) is 0 Å². The van der Waals surface area contributed by atoms with Crippen LogP contribution < -0.4 is 9.47 Å². The third-order valence-corrected chi connectivity index (χ3v) is 3.47. The zero-order valence-electron chi connectivity index (χ0n) is 13.8. The molecule has 0 atom stereocenters. The van der Waals surface area contributed by atoms with Crippen LogP contribution in [-0.2, 0) is 9.53 Å². The average Bonchev–Trinajstić information content (AvgIpc) is 2.97. The predicted octanol–water partition coefficient (Wildman–Crippen LogP) is 4.03. The summed E-state index contributed by atoms with van der Waals surface area (Å²) in [6, 6.07) is 13.1. The molecular weight excluding hydrogens is 344 g/mol. The van der Waals surface area contributed by atoms with E-state index in [-0.39, 0.29) is 17.3 Å². The second-order valence-electron chi connectivity index (χ2n) is 5.18. The SMILES string of the molecule is CCOc1ccccc1C1=N/C(=C/c2ccccc2OC(F)F)C(=O)O1. The fourth-order valence-electron chi connectivity index (χ4n) is 2.40. The number of nitrogens with zero attached hydrogens (tertiary/aromatic N) is 1. The molecule has 5 nitrogen and oxygen atoms in total. The molecule has 0 saturated carbocycles. The number of esters is 1. The van der Waals surface area contributed by atoms with Crippen LogP contribution in [0, 0.1) is 0 Å². The van der Waals surface area contributed by atoms with Crippen molar-refractivity contribution in [2.45, 2.75) is 13.5 Å². The van der Waals surface area contributed by atoms with Crippen LogP contribution in [0.4, 0.5) is 8.78 Å². The van der Waals surface area contributed by atoms with Crippen molar-refractivity contribution in [2.75, 3.05) is 6.61 Å². The number of carbonyl (C=O) groups excluding carboxylic acids is 1. The van der Waals surface area contributed by atoms with Gasteiger partial charge in [-0.05, 0) is 31.2 Å². The Morgan fingerprint density at radius 2 is 1.81 bits per heavy atom. The lowest BCUT2D eigenvalue weighted by Gasteiger charge is -2.08. The molecule has 1 aliphatic heterocycles. The molecule has 0 fully saturated rings. The first-order chi connectivity index (χ1) is 12.6. The Kier molecular flexibility index (Phi) is 5.26. The number of ether oxygens (including phenoxy) is 3. The van der Waals surface area contributed by atoms with Crippen LogP contribution in [0.25, 0.3) is 6.08 Å². The van der Waals surface area contributed by atoms with Gasteiger partial charge in [-0.3, -0.25) is 0 Å². The molecule has 7 heteroatoms. The second kappa shape index (κ2) is 7.77. The van der Waals surface area contributed by atoms with E-state index >= 15 is 0 Å². The monoisotopic (exact) mass is 359 g/mol. The van der Waals surface area contributed by atoms with E-state index in [0.29, 0.717) is 23.5 Å². The summed E-state index contributed by atoms with van der Waals surface area (Å²) in [4.78, 5) is 16.3. The Morgan fingerprint density at radius 3 is 2.54 bits per heavy atom. The molecule has 0 aliphatic carbocycles. The minimum absolute atomic E-state index is 0.0170.